The quantitative estimate of drug-likeness (QED) is 0.376. The van der Waals surface area contributed by atoms with Gasteiger partial charge in [-0.05, 0) is 10.7 Å². The zero-order chi connectivity index (χ0) is 5.70. The van der Waals surface area contributed by atoms with E-state index in [0.717, 1.165) is 0 Å². The fraction of sp³-hybridized carbons (Fsp3) is 1.00. The van der Waals surface area contributed by atoms with Gasteiger partial charge >= 0.3 is 0 Å². The van der Waals surface area contributed by atoms with E-state index in [1.165, 1.54) is 19.3 Å². The van der Waals surface area contributed by atoms with E-state index in [2.05, 4.69) is 10.7 Å². The molecule has 1 saturated carbocycles. The van der Waals surface area contributed by atoms with E-state index in [1.807, 2.05) is 0 Å². The van der Waals surface area contributed by atoms with E-state index in [9.17, 15) is 0 Å². The highest BCUT2D eigenvalue weighted by Gasteiger charge is 1.95. The van der Waals surface area contributed by atoms with Gasteiger partial charge in [-0.3, -0.25) is 4.21 Å². The molecule has 0 N–H and O–H groups in total. The molecule has 0 aromatic rings. The van der Waals surface area contributed by atoms with E-state index >= 15 is 0 Å². The SMILES string of the molecule is C1CC1.O=S([O-])Cl. The Morgan fingerprint density at radius 3 is 1.57 bits per heavy atom. The maximum atomic E-state index is 8.77. The molecule has 0 aromatic carbocycles. The van der Waals surface area contributed by atoms with E-state index in [4.69, 9.17) is 8.76 Å². The zero-order valence-corrected chi connectivity index (χ0v) is 5.30. The lowest BCUT2D eigenvalue weighted by molar-refractivity contribution is 0.552. The molecule has 4 heteroatoms. The minimum absolute atomic E-state index is 1.50. The van der Waals surface area contributed by atoms with Crippen molar-refractivity contribution in [3.63, 3.8) is 0 Å². The second kappa shape index (κ2) is 4.56. The second-order valence-electron chi connectivity index (χ2n) is 1.25. The van der Waals surface area contributed by atoms with Crippen LogP contribution >= 0.6 is 10.7 Å². The second-order valence-corrected chi connectivity index (χ2v) is 2.40. The van der Waals surface area contributed by atoms with Crippen LogP contribution in [0.5, 0.6) is 0 Å². The topological polar surface area (TPSA) is 40.1 Å². The van der Waals surface area contributed by atoms with Gasteiger partial charge in [0.05, 0.1) is 0 Å². The fourth-order valence-electron chi connectivity index (χ4n) is 0. The molecule has 0 aliphatic heterocycles. The van der Waals surface area contributed by atoms with Gasteiger partial charge in [-0.2, -0.15) is 0 Å². The summed E-state index contributed by atoms with van der Waals surface area (Å²) in [5.74, 6) is 0. The van der Waals surface area contributed by atoms with Gasteiger partial charge in [-0.1, -0.05) is 19.3 Å². The Balaban J connectivity index is 0.000000105. The predicted molar refractivity (Wildman–Crippen MR) is 28.6 cm³/mol. The zero-order valence-electron chi connectivity index (χ0n) is 3.72. The van der Waals surface area contributed by atoms with Crippen LogP contribution in [0.4, 0.5) is 0 Å². The summed E-state index contributed by atoms with van der Waals surface area (Å²) in [6.45, 7) is 0. The molecule has 1 unspecified atom stereocenters. The lowest BCUT2D eigenvalue weighted by Gasteiger charge is -1.80. The van der Waals surface area contributed by atoms with Crippen molar-refractivity contribution in [3.05, 3.63) is 0 Å². The maximum absolute atomic E-state index is 8.77. The number of halogens is 1. The van der Waals surface area contributed by atoms with Gasteiger partial charge in [0.2, 0.25) is 0 Å². The Morgan fingerprint density at radius 2 is 1.57 bits per heavy atom. The summed E-state index contributed by atoms with van der Waals surface area (Å²) < 4.78 is 17.5. The van der Waals surface area contributed by atoms with Crippen molar-refractivity contribution < 1.29 is 8.76 Å². The molecule has 0 radical (unpaired) electrons. The Hall–Kier alpha value is 0.400. The molecular weight excluding hydrogens is 136 g/mol. The fourth-order valence-corrected chi connectivity index (χ4v) is 0. The lowest BCUT2D eigenvalue weighted by Crippen LogP contribution is -1.61. The Kier molecular flexibility index (Phi) is 4.82. The Morgan fingerprint density at radius 1 is 1.43 bits per heavy atom. The Bertz CT molecular complexity index is 57.2. The summed E-state index contributed by atoms with van der Waals surface area (Å²) >= 11 is 0. The molecule has 1 atom stereocenters. The van der Waals surface area contributed by atoms with Crippen molar-refractivity contribution in [3.8, 4) is 0 Å². The molecule has 1 aliphatic rings. The third-order valence-corrected chi connectivity index (χ3v) is 0.354. The summed E-state index contributed by atoms with van der Waals surface area (Å²) in [5.41, 5.74) is 0. The summed E-state index contributed by atoms with van der Waals surface area (Å²) in [5, 5.41) is 0. The van der Waals surface area contributed by atoms with E-state index < -0.39 is 10.3 Å². The average Bonchev–Trinajstić information content (AvgIpc) is 2.02. The van der Waals surface area contributed by atoms with Crippen molar-refractivity contribution in [2.45, 2.75) is 19.3 Å². The molecule has 2 nitrogen and oxygen atoms in total. The number of hydrogen-bond donors (Lipinski definition) is 0. The van der Waals surface area contributed by atoms with Gasteiger partial charge < -0.3 is 4.55 Å². The van der Waals surface area contributed by atoms with Crippen molar-refractivity contribution in [1.29, 1.82) is 0 Å². The molecular formula is C3H6ClO2S-. The van der Waals surface area contributed by atoms with E-state index in [0.29, 0.717) is 0 Å². The first-order valence-corrected chi connectivity index (χ1v) is 3.89. The highest BCUT2D eigenvalue weighted by atomic mass is 35.7. The van der Waals surface area contributed by atoms with E-state index in [1.54, 1.807) is 0 Å². The molecule has 0 saturated heterocycles. The van der Waals surface area contributed by atoms with E-state index in [-0.39, 0.29) is 0 Å². The van der Waals surface area contributed by atoms with Crippen LogP contribution in [0.15, 0.2) is 0 Å². The first-order chi connectivity index (χ1) is 3.23. The van der Waals surface area contributed by atoms with Crippen LogP contribution in [0, 0.1) is 0 Å². The van der Waals surface area contributed by atoms with Gasteiger partial charge in [0, 0.05) is 10.3 Å². The monoisotopic (exact) mass is 141 g/mol. The minimum Gasteiger partial charge on any atom is -0.760 e. The van der Waals surface area contributed by atoms with Crippen molar-refractivity contribution in [2.24, 2.45) is 0 Å². The molecule has 1 fully saturated rings. The molecule has 0 aromatic heterocycles. The summed E-state index contributed by atoms with van der Waals surface area (Å²) in [6.07, 6.45) is 4.50. The largest absolute Gasteiger partial charge is 0.760 e. The minimum atomic E-state index is -2.39. The summed E-state index contributed by atoms with van der Waals surface area (Å²) in [4.78, 5) is 0. The van der Waals surface area contributed by atoms with Crippen LogP contribution < -0.4 is 0 Å². The highest BCUT2D eigenvalue weighted by Crippen LogP contribution is 2.14. The number of rotatable bonds is 0. The van der Waals surface area contributed by atoms with Crippen LogP contribution in [-0.2, 0) is 10.3 Å². The molecule has 0 bridgehead atoms. The lowest BCUT2D eigenvalue weighted by atomic mass is 11.0. The molecule has 0 spiro atoms. The summed E-state index contributed by atoms with van der Waals surface area (Å²) in [6, 6.07) is 0. The maximum Gasteiger partial charge on any atom is 0.0422 e. The molecule has 0 amide bonds. The van der Waals surface area contributed by atoms with Crippen molar-refractivity contribution >= 4 is 21.0 Å². The van der Waals surface area contributed by atoms with Crippen LogP contribution in [0.1, 0.15) is 19.3 Å². The van der Waals surface area contributed by atoms with Crippen molar-refractivity contribution in [1.82, 2.24) is 0 Å². The van der Waals surface area contributed by atoms with Crippen LogP contribution in [0.3, 0.4) is 0 Å². The first-order valence-electron chi connectivity index (χ1n) is 1.99. The molecule has 44 valence electrons. The standard InChI is InChI=1S/C3H6.ClHO2S/c1-2-3-1;1-4(2)3/h1-3H2;(H,2,3)/p-1. The smallest absolute Gasteiger partial charge is 0.0422 e. The highest BCUT2D eigenvalue weighted by molar-refractivity contribution is 8.03. The average molecular weight is 142 g/mol. The van der Waals surface area contributed by atoms with Gasteiger partial charge in [0.25, 0.3) is 0 Å². The summed E-state index contributed by atoms with van der Waals surface area (Å²) in [7, 11) is 1.80. The van der Waals surface area contributed by atoms with Gasteiger partial charge in [-0.25, -0.2) is 0 Å². The third kappa shape index (κ3) is 63.2. The van der Waals surface area contributed by atoms with Crippen LogP contribution in [0.25, 0.3) is 0 Å². The van der Waals surface area contributed by atoms with Crippen molar-refractivity contribution in [2.75, 3.05) is 0 Å². The van der Waals surface area contributed by atoms with Gasteiger partial charge in [-0.15, -0.1) is 0 Å². The molecule has 1 rings (SSSR count). The third-order valence-electron chi connectivity index (χ3n) is 0.354. The number of hydrogen-bond acceptors (Lipinski definition) is 2. The molecule has 0 heterocycles. The normalized spacial score (nSPS) is 19.1. The van der Waals surface area contributed by atoms with Gasteiger partial charge in [0.1, 0.15) is 0 Å². The molecule has 7 heavy (non-hydrogen) atoms. The molecule has 1 aliphatic carbocycles. The van der Waals surface area contributed by atoms with Crippen LogP contribution in [-0.4, -0.2) is 8.76 Å². The van der Waals surface area contributed by atoms with Crippen LogP contribution in [0.2, 0.25) is 0 Å². The Labute approximate surface area is 49.7 Å². The predicted octanol–water partition coefficient (Wildman–Crippen LogP) is 1.19. The van der Waals surface area contributed by atoms with Gasteiger partial charge in [0.15, 0.2) is 0 Å². The first kappa shape index (κ1) is 7.40.